The van der Waals surface area contributed by atoms with Crippen molar-refractivity contribution in [2.75, 3.05) is 13.7 Å². The number of H-pyrrole nitrogens is 1. The van der Waals surface area contributed by atoms with Gasteiger partial charge in [0, 0.05) is 35.3 Å². The number of hydrogen-bond donors (Lipinski definition) is 3. The molecule has 5 heteroatoms. The van der Waals surface area contributed by atoms with Crippen molar-refractivity contribution in [3.8, 4) is 11.5 Å². The lowest BCUT2D eigenvalue weighted by Crippen LogP contribution is -2.25. The van der Waals surface area contributed by atoms with Crippen LogP contribution in [0.1, 0.15) is 15.9 Å². The van der Waals surface area contributed by atoms with Crippen LogP contribution >= 0.6 is 0 Å². The van der Waals surface area contributed by atoms with Crippen molar-refractivity contribution in [1.82, 2.24) is 10.3 Å². The van der Waals surface area contributed by atoms with E-state index in [4.69, 9.17) is 4.74 Å². The number of amides is 1. The highest BCUT2D eigenvalue weighted by Gasteiger charge is 2.08. The summed E-state index contributed by atoms with van der Waals surface area (Å²) in [6.45, 7) is 0.532. The van der Waals surface area contributed by atoms with E-state index in [0.29, 0.717) is 24.3 Å². The van der Waals surface area contributed by atoms with E-state index in [2.05, 4.69) is 10.3 Å². The third kappa shape index (κ3) is 3.29. The number of aromatic nitrogens is 1. The summed E-state index contributed by atoms with van der Waals surface area (Å²) in [5.74, 6) is 0.771. The maximum absolute atomic E-state index is 12.1. The summed E-state index contributed by atoms with van der Waals surface area (Å²) in [4.78, 5) is 15.3. The number of benzene rings is 2. The molecule has 23 heavy (non-hydrogen) atoms. The SMILES string of the molecule is COc1cccc(C(=O)NCCc2c[nH]c3cc(O)ccc23)c1. The summed E-state index contributed by atoms with van der Waals surface area (Å²) in [6, 6.07) is 12.3. The van der Waals surface area contributed by atoms with Crippen LogP contribution in [0.25, 0.3) is 10.9 Å². The number of ether oxygens (including phenoxy) is 1. The van der Waals surface area contributed by atoms with Gasteiger partial charge >= 0.3 is 0 Å². The molecule has 3 N–H and O–H groups in total. The van der Waals surface area contributed by atoms with Crippen molar-refractivity contribution >= 4 is 16.8 Å². The summed E-state index contributed by atoms with van der Waals surface area (Å²) in [5.41, 5.74) is 2.57. The molecule has 1 amide bonds. The molecule has 118 valence electrons. The smallest absolute Gasteiger partial charge is 0.251 e. The molecule has 3 aromatic rings. The molecule has 1 heterocycles. The number of carbonyl (C=O) groups excluding carboxylic acids is 1. The van der Waals surface area contributed by atoms with Crippen LogP contribution < -0.4 is 10.1 Å². The molecule has 0 aliphatic rings. The van der Waals surface area contributed by atoms with Crippen molar-refractivity contribution < 1.29 is 14.6 Å². The van der Waals surface area contributed by atoms with E-state index in [-0.39, 0.29) is 11.7 Å². The minimum Gasteiger partial charge on any atom is -0.508 e. The van der Waals surface area contributed by atoms with Crippen molar-refractivity contribution in [3.63, 3.8) is 0 Å². The van der Waals surface area contributed by atoms with Gasteiger partial charge in [-0.1, -0.05) is 6.07 Å². The van der Waals surface area contributed by atoms with Crippen LogP contribution in [0.5, 0.6) is 11.5 Å². The van der Waals surface area contributed by atoms with Crippen molar-refractivity contribution in [2.45, 2.75) is 6.42 Å². The van der Waals surface area contributed by atoms with Gasteiger partial charge in [0.25, 0.3) is 5.91 Å². The monoisotopic (exact) mass is 310 g/mol. The predicted octanol–water partition coefficient (Wildman–Crippen LogP) is 2.85. The lowest BCUT2D eigenvalue weighted by atomic mass is 10.1. The van der Waals surface area contributed by atoms with Gasteiger partial charge in [-0.05, 0) is 42.3 Å². The van der Waals surface area contributed by atoms with Gasteiger partial charge in [-0.15, -0.1) is 0 Å². The van der Waals surface area contributed by atoms with Gasteiger partial charge in [-0.3, -0.25) is 4.79 Å². The first-order valence-electron chi connectivity index (χ1n) is 7.38. The Balaban J connectivity index is 1.63. The van der Waals surface area contributed by atoms with Gasteiger partial charge in [0.1, 0.15) is 11.5 Å². The number of fused-ring (bicyclic) bond motifs is 1. The van der Waals surface area contributed by atoms with Crippen molar-refractivity contribution in [3.05, 3.63) is 59.8 Å². The van der Waals surface area contributed by atoms with Crippen LogP contribution in [-0.2, 0) is 6.42 Å². The first-order chi connectivity index (χ1) is 11.2. The molecule has 0 unspecified atom stereocenters. The first kappa shape index (κ1) is 15.0. The lowest BCUT2D eigenvalue weighted by Gasteiger charge is -2.06. The number of hydrogen-bond acceptors (Lipinski definition) is 3. The van der Waals surface area contributed by atoms with Crippen LogP contribution in [0.3, 0.4) is 0 Å². The number of phenols is 1. The minimum atomic E-state index is -0.124. The number of nitrogens with one attached hydrogen (secondary N) is 2. The van der Waals surface area contributed by atoms with Gasteiger partial charge < -0.3 is 20.1 Å². The van der Waals surface area contributed by atoms with E-state index in [9.17, 15) is 9.90 Å². The molecule has 5 nitrogen and oxygen atoms in total. The van der Waals surface area contributed by atoms with Crippen LogP contribution in [0, 0.1) is 0 Å². The second-order valence-corrected chi connectivity index (χ2v) is 5.28. The Labute approximate surface area is 133 Å². The van der Waals surface area contributed by atoms with E-state index < -0.39 is 0 Å². The average molecular weight is 310 g/mol. The van der Waals surface area contributed by atoms with Crippen LogP contribution in [0.15, 0.2) is 48.7 Å². The fraction of sp³-hybridized carbons (Fsp3) is 0.167. The molecule has 3 rings (SSSR count). The number of rotatable bonds is 5. The first-order valence-corrected chi connectivity index (χ1v) is 7.38. The van der Waals surface area contributed by atoms with Crippen LogP contribution in [0.2, 0.25) is 0 Å². The summed E-state index contributed by atoms with van der Waals surface area (Å²) >= 11 is 0. The molecule has 0 bridgehead atoms. The second kappa shape index (κ2) is 6.44. The minimum absolute atomic E-state index is 0.124. The summed E-state index contributed by atoms with van der Waals surface area (Å²) < 4.78 is 5.12. The zero-order valence-electron chi connectivity index (χ0n) is 12.8. The third-order valence-electron chi connectivity index (χ3n) is 3.76. The van der Waals surface area contributed by atoms with Gasteiger partial charge in [-0.25, -0.2) is 0 Å². The number of carbonyl (C=O) groups is 1. The maximum atomic E-state index is 12.1. The lowest BCUT2D eigenvalue weighted by molar-refractivity contribution is 0.0954. The second-order valence-electron chi connectivity index (χ2n) is 5.28. The van der Waals surface area contributed by atoms with E-state index in [1.807, 2.05) is 12.3 Å². The van der Waals surface area contributed by atoms with Crippen molar-refractivity contribution in [2.24, 2.45) is 0 Å². The Hall–Kier alpha value is -2.95. The molecule has 0 saturated carbocycles. The number of aromatic hydroxyl groups is 1. The normalized spacial score (nSPS) is 10.7. The molecule has 0 spiro atoms. The van der Waals surface area contributed by atoms with E-state index in [0.717, 1.165) is 16.5 Å². The predicted molar refractivity (Wildman–Crippen MR) is 89.0 cm³/mol. The summed E-state index contributed by atoms with van der Waals surface area (Å²) in [5, 5.41) is 13.4. The maximum Gasteiger partial charge on any atom is 0.251 e. The summed E-state index contributed by atoms with van der Waals surface area (Å²) in [6.07, 6.45) is 2.61. The van der Waals surface area contributed by atoms with Gasteiger partial charge in [0.2, 0.25) is 0 Å². The fourth-order valence-corrected chi connectivity index (χ4v) is 2.56. The Morgan fingerprint density at radius 1 is 1.26 bits per heavy atom. The number of methoxy groups -OCH3 is 1. The van der Waals surface area contributed by atoms with E-state index in [1.165, 1.54) is 0 Å². The number of phenolic OH excluding ortho intramolecular Hbond substituents is 1. The average Bonchev–Trinajstić information content (AvgIpc) is 2.97. The Kier molecular flexibility index (Phi) is 4.19. The van der Waals surface area contributed by atoms with Gasteiger partial charge in [0.15, 0.2) is 0 Å². The zero-order valence-corrected chi connectivity index (χ0v) is 12.8. The summed E-state index contributed by atoms with van der Waals surface area (Å²) in [7, 11) is 1.58. The molecule has 1 aromatic heterocycles. The van der Waals surface area contributed by atoms with E-state index >= 15 is 0 Å². The molecule has 0 aliphatic carbocycles. The molecular weight excluding hydrogens is 292 g/mol. The molecule has 0 fully saturated rings. The highest BCUT2D eigenvalue weighted by atomic mass is 16.5. The number of aromatic amines is 1. The molecule has 2 aromatic carbocycles. The highest BCUT2D eigenvalue weighted by Crippen LogP contribution is 2.22. The molecule has 0 saturated heterocycles. The topological polar surface area (TPSA) is 74.3 Å². The van der Waals surface area contributed by atoms with Crippen LogP contribution in [0.4, 0.5) is 0 Å². The zero-order chi connectivity index (χ0) is 16.2. The third-order valence-corrected chi connectivity index (χ3v) is 3.76. The quantitative estimate of drug-likeness (QED) is 0.678. The Morgan fingerprint density at radius 2 is 2.13 bits per heavy atom. The van der Waals surface area contributed by atoms with Gasteiger partial charge in [0.05, 0.1) is 7.11 Å². The highest BCUT2D eigenvalue weighted by molar-refractivity contribution is 5.94. The fourth-order valence-electron chi connectivity index (χ4n) is 2.56. The standard InChI is InChI=1S/C18H18N2O3/c1-23-15-4-2-3-12(9-15)18(22)19-8-7-13-11-20-17-10-14(21)5-6-16(13)17/h2-6,9-11,20-21H,7-8H2,1H3,(H,19,22). The molecule has 0 atom stereocenters. The Morgan fingerprint density at radius 3 is 2.96 bits per heavy atom. The molecule has 0 radical (unpaired) electrons. The van der Waals surface area contributed by atoms with Gasteiger partial charge in [-0.2, -0.15) is 0 Å². The molecule has 0 aliphatic heterocycles. The molecular formula is C18H18N2O3. The van der Waals surface area contributed by atoms with Crippen molar-refractivity contribution in [1.29, 1.82) is 0 Å². The Bertz CT molecular complexity index is 839. The van der Waals surface area contributed by atoms with Crippen LogP contribution in [-0.4, -0.2) is 29.7 Å². The largest absolute Gasteiger partial charge is 0.508 e. The van der Waals surface area contributed by atoms with E-state index in [1.54, 1.807) is 43.5 Å².